The molecule has 5 nitrogen and oxygen atoms in total. The van der Waals surface area contributed by atoms with E-state index in [9.17, 15) is 4.79 Å². The molecule has 2 rings (SSSR count). The number of nitrogens with zero attached hydrogens (tertiary/aromatic N) is 2. The molecule has 1 heterocycles. The summed E-state index contributed by atoms with van der Waals surface area (Å²) in [6, 6.07) is 0.923. The number of hydrogen-bond donors (Lipinski definition) is 2. The highest BCUT2D eigenvalue weighted by Gasteiger charge is 2.24. The first-order chi connectivity index (χ1) is 9.52. The molecule has 0 aliphatic heterocycles. The van der Waals surface area contributed by atoms with Gasteiger partial charge in [-0.1, -0.05) is 6.92 Å². The van der Waals surface area contributed by atoms with Gasteiger partial charge in [0, 0.05) is 24.8 Å². The Morgan fingerprint density at radius 3 is 2.35 bits per heavy atom. The SMILES string of the molecule is CCNC1CCC(NC(=O)c2c(C)nn(C)c2C)CC1. The van der Waals surface area contributed by atoms with Crippen LogP contribution in [-0.2, 0) is 7.05 Å². The fraction of sp³-hybridized carbons (Fsp3) is 0.733. The fourth-order valence-electron chi connectivity index (χ4n) is 3.09. The lowest BCUT2D eigenvalue weighted by Crippen LogP contribution is -2.42. The first-order valence-electron chi connectivity index (χ1n) is 7.57. The molecular weight excluding hydrogens is 252 g/mol. The number of aryl methyl sites for hydroxylation is 2. The van der Waals surface area contributed by atoms with Crippen LogP contribution >= 0.6 is 0 Å². The third-order valence-corrected chi connectivity index (χ3v) is 4.29. The minimum Gasteiger partial charge on any atom is -0.349 e. The van der Waals surface area contributed by atoms with Crippen LogP contribution in [0.5, 0.6) is 0 Å². The summed E-state index contributed by atoms with van der Waals surface area (Å²) in [5.74, 6) is 0.0278. The topological polar surface area (TPSA) is 58.9 Å². The van der Waals surface area contributed by atoms with E-state index in [1.165, 1.54) is 0 Å². The zero-order valence-electron chi connectivity index (χ0n) is 13.0. The summed E-state index contributed by atoms with van der Waals surface area (Å²) in [5.41, 5.74) is 2.48. The van der Waals surface area contributed by atoms with E-state index in [0.717, 1.165) is 49.2 Å². The number of hydrogen-bond acceptors (Lipinski definition) is 3. The molecule has 5 heteroatoms. The highest BCUT2D eigenvalue weighted by molar-refractivity contribution is 5.96. The summed E-state index contributed by atoms with van der Waals surface area (Å²) in [6.45, 7) is 7.00. The second-order valence-corrected chi connectivity index (χ2v) is 5.75. The maximum Gasteiger partial charge on any atom is 0.255 e. The van der Waals surface area contributed by atoms with E-state index in [4.69, 9.17) is 0 Å². The second-order valence-electron chi connectivity index (χ2n) is 5.75. The Morgan fingerprint density at radius 1 is 1.25 bits per heavy atom. The smallest absolute Gasteiger partial charge is 0.255 e. The highest BCUT2D eigenvalue weighted by Crippen LogP contribution is 2.20. The molecule has 1 aliphatic carbocycles. The molecule has 0 bridgehead atoms. The van der Waals surface area contributed by atoms with Crippen LogP contribution in [0.15, 0.2) is 0 Å². The molecular formula is C15H26N4O. The van der Waals surface area contributed by atoms with Crippen molar-refractivity contribution < 1.29 is 4.79 Å². The minimum absolute atomic E-state index is 0.0278. The number of rotatable bonds is 4. The van der Waals surface area contributed by atoms with Crippen molar-refractivity contribution in [2.75, 3.05) is 6.54 Å². The molecule has 1 aromatic heterocycles. The first kappa shape index (κ1) is 15.0. The first-order valence-corrected chi connectivity index (χ1v) is 7.57. The van der Waals surface area contributed by atoms with Gasteiger partial charge < -0.3 is 10.6 Å². The lowest BCUT2D eigenvalue weighted by atomic mass is 9.91. The summed E-state index contributed by atoms with van der Waals surface area (Å²) >= 11 is 0. The van der Waals surface area contributed by atoms with Gasteiger partial charge in [0.25, 0.3) is 5.91 Å². The molecule has 20 heavy (non-hydrogen) atoms. The number of carbonyl (C=O) groups excluding carboxylic acids is 1. The summed E-state index contributed by atoms with van der Waals surface area (Å²) in [4.78, 5) is 12.4. The van der Waals surface area contributed by atoms with Crippen molar-refractivity contribution in [2.45, 2.75) is 58.5 Å². The average molecular weight is 278 g/mol. The van der Waals surface area contributed by atoms with E-state index >= 15 is 0 Å². The predicted molar refractivity (Wildman–Crippen MR) is 79.9 cm³/mol. The standard InChI is InChI=1S/C15H26N4O/c1-5-16-12-6-8-13(9-7-12)17-15(20)14-10(2)18-19(4)11(14)3/h12-13,16H,5-9H2,1-4H3,(H,17,20). The largest absolute Gasteiger partial charge is 0.349 e. The Morgan fingerprint density at radius 2 is 1.85 bits per heavy atom. The number of nitrogens with one attached hydrogen (secondary N) is 2. The van der Waals surface area contributed by atoms with Crippen LogP contribution in [0.4, 0.5) is 0 Å². The number of aromatic nitrogens is 2. The van der Waals surface area contributed by atoms with Crippen LogP contribution < -0.4 is 10.6 Å². The lowest BCUT2D eigenvalue weighted by molar-refractivity contribution is 0.0923. The molecule has 1 aliphatic rings. The van der Waals surface area contributed by atoms with Gasteiger partial charge in [-0.2, -0.15) is 5.10 Å². The van der Waals surface area contributed by atoms with Crippen molar-refractivity contribution in [2.24, 2.45) is 7.05 Å². The van der Waals surface area contributed by atoms with Crippen molar-refractivity contribution >= 4 is 5.91 Å². The monoisotopic (exact) mass is 278 g/mol. The van der Waals surface area contributed by atoms with Gasteiger partial charge in [0.15, 0.2) is 0 Å². The average Bonchev–Trinajstić information content (AvgIpc) is 2.66. The van der Waals surface area contributed by atoms with Crippen molar-refractivity contribution in [1.82, 2.24) is 20.4 Å². The van der Waals surface area contributed by atoms with Gasteiger partial charge >= 0.3 is 0 Å². The van der Waals surface area contributed by atoms with E-state index in [0.29, 0.717) is 12.1 Å². The molecule has 1 aromatic rings. The van der Waals surface area contributed by atoms with Crippen molar-refractivity contribution in [3.05, 3.63) is 17.0 Å². The van der Waals surface area contributed by atoms with E-state index in [-0.39, 0.29) is 5.91 Å². The van der Waals surface area contributed by atoms with Crippen LogP contribution in [0.25, 0.3) is 0 Å². The molecule has 0 unspecified atom stereocenters. The Hall–Kier alpha value is -1.36. The molecule has 112 valence electrons. The Balaban J connectivity index is 1.93. The summed E-state index contributed by atoms with van der Waals surface area (Å²) < 4.78 is 1.77. The van der Waals surface area contributed by atoms with Gasteiger partial charge in [0.2, 0.25) is 0 Å². The van der Waals surface area contributed by atoms with Gasteiger partial charge in [-0.3, -0.25) is 9.48 Å². The van der Waals surface area contributed by atoms with E-state index < -0.39 is 0 Å². The Kier molecular flexibility index (Phi) is 4.81. The van der Waals surface area contributed by atoms with Gasteiger partial charge in [-0.15, -0.1) is 0 Å². The van der Waals surface area contributed by atoms with Crippen LogP contribution in [0.3, 0.4) is 0 Å². The highest BCUT2D eigenvalue weighted by atomic mass is 16.1. The van der Waals surface area contributed by atoms with Gasteiger partial charge in [0.05, 0.1) is 11.3 Å². The zero-order chi connectivity index (χ0) is 14.7. The maximum atomic E-state index is 12.4. The van der Waals surface area contributed by atoms with Crippen molar-refractivity contribution in [3.8, 4) is 0 Å². The molecule has 2 N–H and O–H groups in total. The molecule has 0 atom stereocenters. The predicted octanol–water partition coefficient (Wildman–Crippen LogP) is 1.69. The third kappa shape index (κ3) is 3.20. The lowest BCUT2D eigenvalue weighted by Gasteiger charge is -2.29. The molecule has 1 fully saturated rings. The maximum absolute atomic E-state index is 12.4. The third-order valence-electron chi connectivity index (χ3n) is 4.29. The molecule has 1 amide bonds. The molecule has 0 aromatic carbocycles. The molecule has 0 saturated heterocycles. The van der Waals surface area contributed by atoms with Crippen molar-refractivity contribution in [3.63, 3.8) is 0 Å². The van der Waals surface area contributed by atoms with E-state index in [2.05, 4.69) is 22.7 Å². The number of carbonyl (C=O) groups is 1. The second kappa shape index (κ2) is 6.39. The summed E-state index contributed by atoms with van der Waals surface area (Å²) in [7, 11) is 1.88. The Labute approximate surface area is 121 Å². The molecule has 0 radical (unpaired) electrons. The van der Waals surface area contributed by atoms with Crippen LogP contribution in [-0.4, -0.2) is 34.3 Å². The summed E-state index contributed by atoms with van der Waals surface area (Å²) in [6.07, 6.45) is 4.40. The quantitative estimate of drug-likeness (QED) is 0.881. The number of amides is 1. The van der Waals surface area contributed by atoms with E-state index in [1.54, 1.807) is 4.68 Å². The normalized spacial score (nSPS) is 22.8. The minimum atomic E-state index is 0.0278. The molecule has 0 spiro atoms. The fourth-order valence-corrected chi connectivity index (χ4v) is 3.09. The Bertz CT molecular complexity index is 472. The summed E-state index contributed by atoms with van der Waals surface area (Å²) in [5, 5.41) is 11.0. The van der Waals surface area contributed by atoms with E-state index in [1.807, 2.05) is 20.9 Å². The van der Waals surface area contributed by atoms with Crippen molar-refractivity contribution in [1.29, 1.82) is 0 Å². The van der Waals surface area contributed by atoms with Gasteiger partial charge in [-0.05, 0) is 46.1 Å². The van der Waals surface area contributed by atoms with Gasteiger partial charge in [-0.25, -0.2) is 0 Å². The molecule has 1 saturated carbocycles. The van der Waals surface area contributed by atoms with Gasteiger partial charge in [0.1, 0.15) is 0 Å². The van der Waals surface area contributed by atoms with Crippen LogP contribution in [0, 0.1) is 13.8 Å². The van der Waals surface area contributed by atoms with Crippen LogP contribution in [0.1, 0.15) is 54.4 Å². The zero-order valence-corrected chi connectivity index (χ0v) is 13.0. The van der Waals surface area contributed by atoms with Crippen LogP contribution in [0.2, 0.25) is 0 Å².